The molecule has 0 spiro atoms. The molecule has 35 heavy (non-hydrogen) atoms. The van der Waals surface area contributed by atoms with Crippen molar-refractivity contribution in [3.05, 3.63) is 46.3 Å². The first kappa shape index (κ1) is 27.9. The molecule has 0 radical (unpaired) electrons. The van der Waals surface area contributed by atoms with Crippen molar-refractivity contribution in [1.29, 1.82) is 0 Å². The van der Waals surface area contributed by atoms with E-state index in [1.165, 1.54) is 7.11 Å². The molecule has 0 saturated heterocycles. The van der Waals surface area contributed by atoms with E-state index in [1.807, 2.05) is 44.2 Å². The summed E-state index contributed by atoms with van der Waals surface area (Å²) in [5.74, 6) is -0.580. The van der Waals surface area contributed by atoms with Crippen molar-refractivity contribution in [2.45, 2.75) is 77.4 Å². The zero-order valence-electron chi connectivity index (χ0n) is 20.8. The highest BCUT2D eigenvalue weighted by Gasteiger charge is 2.53. The number of esters is 1. The van der Waals surface area contributed by atoms with E-state index in [1.54, 1.807) is 11.3 Å². The van der Waals surface area contributed by atoms with Gasteiger partial charge in [-0.15, -0.1) is 11.3 Å². The van der Waals surface area contributed by atoms with Crippen LogP contribution < -0.4 is 0 Å². The molecule has 1 saturated carbocycles. The van der Waals surface area contributed by atoms with Gasteiger partial charge in [-0.2, -0.15) is 0 Å². The van der Waals surface area contributed by atoms with E-state index < -0.39 is 17.6 Å². The van der Waals surface area contributed by atoms with Crippen molar-refractivity contribution >= 4 is 44.8 Å². The number of Topliss-reactive ketones (excluding diaryl/α,β-unsaturated/α-hetero) is 1. The molecule has 5 nitrogen and oxygen atoms in total. The van der Waals surface area contributed by atoms with Gasteiger partial charge in [-0.3, -0.25) is 9.59 Å². The summed E-state index contributed by atoms with van der Waals surface area (Å²) >= 11 is 8.21. The number of carbonyl (C=O) groups excluding carboxylic acids is 2. The lowest BCUT2D eigenvalue weighted by Crippen LogP contribution is -2.32. The van der Waals surface area contributed by atoms with Crippen LogP contribution in [-0.2, 0) is 20.7 Å². The van der Waals surface area contributed by atoms with Gasteiger partial charge in [-0.05, 0) is 56.9 Å². The number of ether oxygens (including phenoxy) is 1. The number of hydrogen-bond donors (Lipinski definition) is 2. The Kier molecular flexibility index (Phi) is 9.94. The number of aliphatic hydroxyl groups is 2. The van der Waals surface area contributed by atoms with Crippen LogP contribution in [0, 0.1) is 17.3 Å². The van der Waals surface area contributed by atoms with Gasteiger partial charge in [-0.25, -0.2) is 0 Å². The molecular formula is C28H37ClO5S. The number of unbranched alkanes of at least 4 members (excludes halogenated alkanes) is 1. The molecule has 192 valence electrons. The van der Waals surface area contributed by atoms with Crippen LogP contribution in [0.5, 0.6) is 0 Å². The minimum atomic E-state index is -0.788. The molecule has 4 atom stereocenters. The summed E-state index contributed by atoms with van der Waals surface area (Å²) in [5, 5.41) is 23.4. The Balaban J connectivity index is 1.53. The summed E-state index contributed by atoms with van der Waals surface area (Å²) in [7, 11) is 1.38. The minimum absolute atomic E-state index is 0.0840. The Morgan fingerprint density at radius 1 is 1.26 bits per heavy atom. The van der Waals surface area contributed by atoms with E-state index in [4.69, 9.17) is 11.6 Å². The number of halogens is 1. The largest absolute Gasteiger partial charge is 0.469 e. The molecule has 1 fully saturated rings. The topological polar surface area (TPSA) is 83.8 Å². The molecule has 1 aromatic heterocycles. The highest BCUT2D eigenvalue weighted by Crippen LogP contribution is 2.46. The summed E-state index contributed by atoms with van der Waals surface area (Å²) in [6, 6.07) is 8.04. The monoisotopic (exact) mass is 520 g/mol. The van der Waals surface area contributed by atoms with Crippen molar-refractivity contribution in [3.63, 3.8) is 0 Å². The number of hydrogen-bond acceptors (Lipinski definition) is 6. The van der Waals surface area contributed by atoms with Crippen LogP contribution in [-0.4, -0.2) is 41.3 Å². The van der Waals surface area contributed by atoms with Crippen LogP contribution in [0.1, 0.15) is 63.7 Å². The average molecular weight is 521 g/mol. The Bertz CT molecular complexity index is 1040. The van der Waals surface area contributed by atoms with Crippen LogP contribution in [0.4, 0.5) is 0 Å². The Morgan fingerprint density at radius 3 is 2.71 bits per heavy atom. The third kappa shape index (κ3) is 6.73. The second-order valence-corrected chi connectivity index (χ2v) is 11.6. The highest BCUT2D eigenvalue weighted by atomic mass is 35.5. The molecule has 7 heteroatoms. The molecule has 1 aromatic carbocycles. The molecule has 1 aliphatic rings. The fourth-order valence-corrected chi connectivity index (χ4v) is 6.64. The van der Waals surface area contributed by atoms with Gasteiger partial charge in [-0.1, -0.05) is 55.8 Å². The van der Waals surface area contributed by atoms with Crippen LogP contribution in [0.3, 0.4) is 0 Å². The van der Waals surface area contributed by atoms with Crippen molar-refractivity contribution in [2.75, 3.05) is 7.11 Å². The second kappa shape index (κ2) is 12.5. The van der Waals surface area contributed by atoms with Gasteiger partial charge < -0.3 is 14.9 Å². The highest BCUT2D eigenvalue weighted by molar-refractivity contribution is 7.19. The number of rotatable bonds is 12. The Labute approximate surface area is 217 Å². The first-order valence-electron chi connectivity index (χ1n) is 12.4. The number of aliphatic hydroxyl groups excluding tert-OH is 2. The lowest BCUT2D eigenvalue weighted by atomic mass is 9.85. The van der Waals surface area contributed by atoms with Crippen molar-refractivity contribution in [3.8, 4) is 0 Å². The molecule has 0 aliphatic heterocycles. The maximum atomic E-state index is 13.0. The fraction of sp³-hybridized carbons (Fsp3) is 0.571. The normalized spacial score (nSPS) is 22.8. The number of fused-ring (bicyclic) bond motifs is 1. The summed E-state index contributed by atoms with van der Waals surface area (Å²) < 4.78 is 5.80. The number of thiophene rings is 1. The third-order valence-corrected chi connectivity index (χ3v) is 9.08. The number of carbonyl (C=O) groups is 2. The van der Waals surface area contributed by atoms with E-state index in [0.29, 0.717) is 44.9 Å². The first-order valence-corrected chi connectivity index (χ1v) is 13.6. The van der Waals surface area contributed by atoms with Crippen molar-refractivity contribution < 1.29 is 24.5 Å². The molecule has 2 aromatic rings. The molecule has 1 unspecified atom stereocenters. The molecule has 3 rings (SSSR count). The Morgan fingerprint density at radius 2 is 2.00 bits per heavy atom. The predicted octanol–water partition coefficient (Wildman–Crippen LogP) is 6.12. The van der Waals surface area contributed by atoms with Gasteiger partial charge in [0.1, 0.15) is 5.78 Å². The van der Waals surface area contributed by atoms with E-state index in [9.17, 15) is 19.8 Å². The van der Waals surface area contributed by atoms with Gasteiger partial charge >= 0.3 is 5.97 Å². The zero-order chi connectivity index (χ0) is 25.6. The molecular weight excluding hydrogens is 484 g/mol. The van der Waals surface area contributed by atoms with Gasteiger partial charge in [0.25, 0.3) is 0 Å². The fourth-order valence-electron chi connectivity index (χ4n) is 5.09. The molecule has 1 heterocycles. The van der Waals surface area contributed by atoms with Gasteiger partial charge in [0, 0.05) is 32.7 Å². The molecule has 0 amide bonds. The van der Waals surface area contributed by atoms with E-state index >= 15 is 0 Å². The van der Waals surface area contributed by atoms with Crippen LogP contribution in [0.2, 0.25) is 5.02 Å². The van der Waals surface area contributed by atoms with E-state index in [-0.39, 0.29) is 23.6 Å². The quantitative estimate of drug-likeness (QED) is 0.200. The molecule has 2 N–H and O–H groups in total. The number of benzene rings is 1. The third-order valence-electron chi connectivity index (χ3n) is 7.31. The van der Waals surface area contributed by atoms with Crippen LogP contribution in [0.25, 0.3) is 10.1 Å². The number of allylic oxidation sites excluding steroid dienone is 2. The van der Waals surface area contributed by atoms with Gasteiger partial charge in [0.05, 0.1) is 24.3 Å². The average Bonchev–Trinajstić information content (AvgIpc) is 3.25. The summed E-state index contributed by atoms with van der Waals surface area (Å²) in [6.45, 7) is 3.62. The first-order chi connectivity index (χ1) is 16.7. The lowest BCUT2D eigenvalue weighted by Gasteiger charge is -2.25. The van der Waals surface area contributed by atoms with Crippen LogP contribution in [0.15, 0.2) is 36.4 Å². The second-order valence-electron chi connectivity index (χ2n) is 10.1. The smallest absolute Gasteiger partial charge is 0.305 e. The van der Waals surface area contributed by atoms with E-state index in [2.05, 4.69) is 10.8 Å². The summed E-state index contributed by atoms with van der Waals surface area (Å²) in [4.78, 5) is 25.3. The number of methoxy groups -OCH3 is 1. The Hall–Kier alpha value is -1.73. The van der Waals surface area contributed by atoms with Crippen LogP contribution >= 0.6 is 22.9 Å². The maximum absolute atomic E-state index is 13.0. The zero-order valence-corrected chi connectivity index (χ0v) is 22.4. The number of aryl methyl sites for hydroxylation is 1. The van der Waals surface area contributed by atoms with Crippen molar-refractivity contribution in [1.82, 2.24) is 0 Å². The van der Waals surface area contributed by atoms with Gasteiger partial charge in [0.2, 0.25) is 0 Å². The SMILES string of the molecule is COC(=O)CCC/C=C\C[C@H]1C(=O)C(C)(C)[C@@H](O)[C@@H]1CCC(O)CCc1sc2ccccc2c1Cl. The van der Waals surface area contributed by atoms with Crippen molar-refractivity contribution in [2.24, 2.45) is 17.3 Å². The minimum Gasteiger partial charge on any atom is -0.469 e. The predicted molar refractivity (Wildman–Crippen MR) is 142 cm³/mol. The molecule has 1 aliphatic carbocycles. The van der Waals surface area contributed by atoms with Gasteiger partial charge in [0.15, 0.2) is 0 Å². The number of ketones is 1. The lowest BCUT2D eigenvalue weighted by molar-refractivity contribution is -0.140. The summed E-state index contributed by atoms with van der Waals surface area (Å²) in [5.41, 5.74) is -0.788. The summed E-state index contributed by atoms with van der Waals surface area (Å²) in [6.07, 6.45) is 7.56. The maximum Gasteiger partial charge on any atom is 0.305 e. The van der Waals surface area contributed by atoms with E-state index in [0.717, 1.165) is 26.4 Å². The molecule has 0 bridgehead atoms. The standard InChI is InChI=1S/C28H37ClO5S/c1-28(2)26(32)19(10-6-4-5-7-13-24(31)34-3)20(27(28)33)16-14-18(30)15-17-23-25(29)21-11-8-9-12-22(21)35-23/h4,6,8-9,11-12,18-20,27,30,33H,5,7,10,13-17H2,1-3H3/b6-4-/t18?,19-,20-,27+/m1/s1.